The van der Waals surface area contributed by atoms with Crippen LogP contribution in [-0.2, 0) is 4.79 Å². The highest BCUT2D eigenvalue weighted by molar-refractivity contribution is 5.91. The van der Waals surface area contributed by atoms with Crippen molar-refractivity contribution in [2.45, 2.75) is 19.3 Å². The van der Waals surface area contributed by atoms with Crippen molar-refractivity contribution < 1.29 is 14.6 Å². The molecule has 0 amide bonds. The number of fused-ring (bicyclic) bond motifs is 1. The van der Waals surface area contributed by atoms with Crippen LogP contribution in [-0.4, -0.2) is 18.2 Å². The Labute approximate surface area is 106 Å². The molecule has 1 unspecified atom stereocenters. The Morgan fingerprint density at radius 1 is 1.33 bits per heavy atom. The van der Waals surface area contributed by atoms with Crippen LogP contribution in [0.4, 0.5) is 0 Å². The molecule has 3 nitrogen and oxygen atoms in total. The van der Waals surface area contributed by atoms with E-state index in [9.17, 15) is 9.90 Å². The molecule has 0 radical (unpaired) electrons. The van der Waals surface area contributed by atoms with Gasteiger partial charge in [-0.05, 0) is 34.9 Å². The number of benzene rings is 2. The topological polar surface area (TPSA) is 46.5 Å². The number of rotatable bonds is 4. The average Bonchev–Trinajstić information content (AvgIpc) is 2.38. The predicted molar refractivity (Wildman–Crippen MR) is 71.2 cm³/mol. The van der Waals surface area contributed by atoms with Gasteiger partial charge in [0, 0.05) is 0 Å². The number of ether oxygens (including phenoxy) is 1. The van der Waals surface area contributed by atoms with Crippen molar-refractivity contribution >= 4 is 16.7 Å². The van der Waals surface area contributed by atoms with Gasteiger partial charge in [0.1, 0.15) is 5.75 Å². The second-order valence-corrected chi connectivity index (χ2v) is 4.23. The minimum absolute atomic E-state index is 0.456. The summed E-state index contributed by atoms with van der Waals surface area (Å²) in [5.41, 5.74) is 0.866. The number of carboxylic acids is 1. The van der Waals surface area contributed by atoms with Gasteiger partial charge < -0.3 is 9.84 Å². The van der Waals surface area contributed by atoms with E-state index in [1.54, 1.807) is 7.11 Å². The van der Waals surface area contributed by atoms with Crippen LogP contribution in [0.1, 0.15) is 24.8 Å². The summed E-state index contributed by atoms with van der Waals surface area (Å²) in [4.78, 5) is 11.3. The summed E-state index contributed by atoms with van der Waals surface area (Å²) in [6.45, 7) is 1.89. The molecule has 94 valence electrons. The van der Waals surface area contributed by atoms with Gasteiger partial charge in [0.05, 0.1) is 13.0 Å². The SMILES string of the molecule is CCC(C(=O)O)c1cccc2cc(OC)ccc12. The highest BCUT2D eigenvalue weighted by atomic mass is 16.5. The highest BCUT2D eigenvalue weighted by Crippen LogP contribution is 2.30. The van der Waals surface area contributed by atoms with Gasteiger partial charge in [0.15, 0.2) is 0 Å². The Bertz CT molecular complexity index is 575. The summed E-state index contributed by atoms with van der Waals surface area (Å²) >= 11 is 0. The molecule has 0 heterocycles. The van der Waals surface area contributed by atoms with Crippen LogP contribution in [0.15, 0.2) is 36.4 Å². The van der Waals surface area contributed by atoms with Crippen molar-refractivity contribution in [1.29, 1.82) is 0 Å². The lowest BCUT2D eigenvalue weighted by molar-refractivity contribution is -0.138. The third kappa shape index (κ3) is 2.16. The molecule has 2 aromatic carbocycles. The third-order valence-corrected chi connectivity index (χ3v) is 3.20. The van der Waals surface area contributed by atoms with Gasteiger partial charge in [-0.3, -0.25) is 4.79 Å². The molecule has 2 rings (SSSR count). The molecule has 0 bridgehead atoms. The molecule has 0 saturated carbocycles. The van der Waals surface area contributed by atoms with Gasteiger partial charge in [0.25, 0.3) is 0 Å². The molecule has 18 heavy (non-hydrogen) atoms. The van der Waals surface area contributed by atoms with Crippen LogP contribution in [0.25, 0.3) is 10.8 Å². The molecular weight excluding hydrogens is 228 g/mol. The van der Waals surface area contributed by atoms with Crippen LogP contribution >= 0.6 is 0 Å². The summed E-state index contributed by atoms with van der Waals surface area (Å²) in [5, 5.41) is 11.2. The molecule has 0 fully saturated rings. The van der Waals surface area contributed by atoms with Gasteiger partial charge in [0.2, 0.25) is 0 Å². The first-order valence-corrected chi connectivity index (χ1v) is 5.96. The molecular formula is C15H16O3. The molecule has 0 aliphatic carbocycles. The van der Waals surface area contributed by atoms with E-state index >= 15 is 0 Å². The number of aliphatic carboxylic acids is 1. The van der Waals surface area contributed by atoms with Gasteiger partial charge >= 0.3 is 5.97 Å². The second-order valence-electron chi connectivity index (χ2n) is 4.23. The van der Waals surface area contributed by atoms with Crippen LogP contribution in [0.3, 0.4) is 0 Å². The van der Waals surface area contributed by atoms with Crippen molar-refractivity contribution in [3.63, 3.8) is 0 Å². The first-order valence-electron chi connectivity index (χ1n) is 5.96. The zero-order valence-electron chi connectivity index (χ0n) is 10.5. The van der Waals surface area contributed by atoms with Gasteiger partial charge in [-0.1, -0.05) is 31.2 Å². The Balaban J connectivity index is 2.61. The molecule has 2 aromatic rings. The molecule has 3 heteroatoms. The van der Waals surface area contributed by atoms with Gasteiger partial charge in [-0.15, -0.1) is 0 Å². The number of hydrogen-bond donors (Lipinski definition) is 1. The lowest BCUT2D eigenvalue weighted by Gasteiger charge is -2.13. The minimum Gasteiger partial charge on any atom is -0.497 e. The Morgan fingerprint density at radius 2 is 2.11 bits per heavy atom. The lowest BCUT2D eigenvalue weighted by Crippen LogP contribution is -2.10. The van der Waals surface area contributed by atoms with Crippen molar-refractivity contribution in [1.82, 2.24) is 0 Å². The van der Waals surface area contributed by atoms with E-state index in [0.717, 1.165) is 22.1 Å². The normalized spacial score (nSPS) is 12.3. The van der Waals surface area contributed by atoms with E-state index in [1.807, 2.05) is 43.3 Å². The summed E-state index contributed by atoms with van der Waals surface area (Å²) in [6, 6.07) is 11.5. The van der Waals surface area contributed by atoms with Crippen LogP contribution in [0.2, 0.25) is 0 Å². The monoisotopic (exact) mass is 244 g/mol. The van der Waals surface area contributed by atoms with Crippen LogP contribution in [0, 0.1) is 0 Å². The third-order valence-electron chi connectivity index (χ3n) is 3.20. The van der Waals surface area contributed by atoms with Crippen LogP contribution < -0.4 is 4.74 Å². The Morgan fingerprint density at radius 3 is 2.72 bits per heavy atom. The molecule has 0 aliphatic heterocycles. The highest BCUT2D eigenvalue weighted by Gasteiger charge is 2.19. The van der Waals surface area contributed by atoms with Crippen molar-refractivity contribution in [3.05, 3.63) is 42.0 Å². The summed E-state index contributed by atoms with van der Waals surface area (Å²) in [6.07, 6.45) is 0.584. The second kappa shape index (κ2) is 5.08. The number of carboxylic acid groups (broad SMARTS) is 1. The smallest absolute Gasteiger partial charge is 0.310 e. The predicted octanol–water partition coefficient (Wildman–Crippen LogP) is 3.43. The largest absolute Gasteiger partial charge is 0.497 e. The van der Waals surface area contributed by atoms with Crippen LogP contribution in [0.5, 0.6) is 5.75 Å². The fourth-order valence-electron chi connectivity index (χ4n) is 2.25. The Hall–Kier alpha value is -2.03. The lowest BCUT2D eigenvalue weighted by atomic mass is 9.91. The maximum atomic E-state index is 11.3. The van der Waals surface area contributed by atoms with E-state index in [1.165, 1.54) is 0 Å². The van der Waals surface area contributed by atoms with Crippen molar-refractivity contribution in [3.8, 4) is 5.75 Å². The maximum absolute atomic E-state index is 11.3. The van der Waals surface area contributed by atoms with E-state index in [-0.39, 0.29) is 0 Å². The molecule has 0 spiro atoms. The Kier molecular flexibility index (Phi) is 3.51. The molecule has 1 N–H and O–H groups in total. The number of hydrogen-bond acceptors (Lipinski definition) is 2. The van der Waals surface area contributed by atoms with Gasteiger partial charge in [-0.25, -0.2) is 0 Å². The number of carbonyl (C=O) groups is 1. The fourth-order valence-corrected chi connectivity index (χ4v) is 2.25. The maximum Gasteiger partial charge on any atom is 0.310 e. The zero-order chi connectivity index (χ0) is 13.1. The molecule has 1 atom stereocenters. The van der Waals surface area contributed by atoms with E-state index in [4.69, 9.17) is 4.74 Å². The number of methoxy groups -OCH3 is 1. The van der Waals surface area contributed by atoms with E-state index in [0.29, 0.717) is 6.42 Å². The molecule has 0 saturated heterocycles. The van der Waals surface area contributed by atoms with Crippen molar-refractivity contribution in [2.75, 3.05) is 7.11 Å². The quantitative estimate of drug-likeness (QED) is 0.896. The average molecular weight is 244 g/mol. The minimum atomic E-state index is -0.777. The first kappa shape index (κ1) is 12.4. The summed E-state index contributed by atoms with van der Waals surface area (Å²) in [5.74, 6) is -0.453. The van der Waals surface area contributed by atoms with Gasteiger partial charge in [-0.2, -0.15) is 0 Å². The summed E-state index contributed by atoms with van der Waals surface area (Å²) < 4.78 is 5.18. The van der Waals surface area contributed by atoms with E-state index in [2.05, 4.69) is 0 Å². The first-order chi connectivity index (χ1) is 8.67. The zero-order valence-corrected chi connectivity index (χ0v) is 10.5. The van der Waals surface area contributed by atoms with E-state index < -0.39 is 11.9 Å². The van der Waals surface area contributed by atoms with Crippen molar-refractivity contribution in [2.24, 2.45) is 0 Å². The molecule has 0 aromatic heterocycles. The molecule has 0 aliphatic rings. The summed E-state index contributed by atoms with van der Waals surface area (Å²) in [7, 11) is 1.62. The standard InChI is InChI=1S/C15H16O3/c1-3-12(15(16)17)14-6-4-5-10-9-11(18-2)7-8-13(10)14/h4-9,12H,3H2,1-2H3,(H,16,17). The fraction of sp³-hybridized carbons (Fsp3) is 0.267.